The fraction of sp³-hybridized carbons (Fsp3) is 0.0256. The number of fused-ring (bicyclic) bond motifs is 2. The number of anilines is 2. The largest absolute Gasteiger partial charge is 1.00 e. The molecule has 5 N–H and O–H groups in total. The maximum absolute atomic E-state index is 11.8. The van der Waals surface area contributed by atoms with Gasteiger partial charge < -0.3 is 35.0 Å². The van der Waals surface area contributed by atoms with Gasteiger partial charge in [-0.3, -0.25) is 20.2 Å². The summed E-state index contributed by atoms with van der Waals surface area (Å²) in [6, 6.07) is 28.8. The number of hydrogen-bond donors (Lipinski definition) is 5. The van der Waals surface area contributed by atoms with Gasteiger partial charge in [0.25, 0.3) is 5.69 Å². The number of halogens is 1. The molecule has 0 bridgehead atoms. The van der Waals surface area contributed by atoms with E-state index in [1.165, 1.54) is 31.4 Å². The Kier molecular flexibility index (Phi) is 18.4. The average Bonchev–Trinajstić information content (AvgIpc) is 3.21. The minimum Gasteiger partial charge on any atom is -0.744 e. The van der Waals surface area contributed by atoms with Gasteiger partial charge in [0.1, 0.15) is 50.1 Å². The maximum atomic E-state index is 11.8. The first-order chi connectivity index (χ1) is 28.5. The number of azo groups is 2. The molecule has 0 aliphatic rings. The van der Waals surface area contributed by atoms with Crippen LogP contribution in [-0.4, -0.2) is 50.4 Å². The zero-order valence-corrected chi connectivity index (χ0v) is 39.7. The first-order valence-electron chi connectivity index (χ1n) is 16.9. The van der Waals surface area contributed by atoms with Gasteiger partial charge in [-0.15, -0.1) is 20.5 Å². The van der Waals surface area contributed by atoms with Crippen LogP contribution in [0.2, 0.25) is 5.02 Å². The van der Waals surface area contributed by atoms with Gasteiger partial charge in [-0.05, 0) is 83.6 Å². The van der Waals surface area contributed by atoms with E-state index in [0.29, 0.717) is 40.0 Å². The first kappa shape index (κ1) is 51.9. The number of nitro benzene ring substituents is 2. The molecule has 0 heterocycles. The number of non-ortho nitro benzene ring substituents is 1. The van der Waals surface area contributed by atoms with Crippen LogP contribution in [0.1, 0.15) is 0 Å². The Morgan fingerprint density at radius 3 is 1.92 bits per heavy atom. The molecule has 0 aromatic heterocycles. The van der Waals surface area contributed by atoms with Gasteiger partial charge in [0.05, 0.1) is 27.9 Å². The van der Waals surface area contributed by atoms with E-state index in [9.17, 15) is 53.6 Å². The molecule has 7 aromatic carbocycles. The van der Waals surface area contributed by atoms with Crippen molar-refractivity contribution in [1.29, 1.82) is 0 Å². The van der Waals surface area contributed by atoms with Gasteiger partial charge >= 0.3 is 64.8 Å². The molecule has 19 nitrogen and oxygen atoms in total. The summed E-state index contributed by atoms with van der Waals surface area (Å²) in [5.41, 5.74) is -1.36. The molecule has 0 spiro atoms. The Morgan fingerprint density at radius 2 is 1.27 bits per heavy atom. The molecule has 7 aromatic rings. The predicted octanol–water partition coefficient (Wildman–Crippen LogP) is 4.46. The Balaban J connectivity index is 0.000000373. The number of phenols is 4. The number of aromatic hydroxyl groups is 4. The van der Waals surface area contributed by atoms with Crippen molar-refractivity contribution in [2.45, 2.75) is 4.90 Å². The smallest absolute Gasteiger partial charge is 0.744 e. The van der Waals surface area contributed by atoms with Crippen LogP contribution in [0.15, 0.2) is 141 Å². The number of benzene rings is 7. The topological polar surface area (TPSA) is 295 Å². The van der Waals surface area contributed by atoms with Gasteiger partial charge in [0.2, 0.25) is 5.75 Å². The molecule has 0 amide bonds. The summed E-state index contributed by atoms with van der Waals surface area (Å²) in [7, 11) is -3.70. The van der Waals surface area contributed by atoms with Gasteiger partial charge in [-0.1, -0.05) is 41.9 Å². The van der Waals surface area contributed by atoms with Gasteiger partial charge in [0, 0.05) is 50.6 Å². The fourth-order valence-corrected chi connectivity index (χ4v) is 6.38. The van der Waals surface area contributed by atoms with Crippen LogP contribution in [0.3, 0.4) is 0 Å². The molecular weight excluding hydrogens is 924 g/mol. The number of rotatable bonds is 10. The molecule has 0 atom stereocenters. The molecule has 63 heavy (non-hydrogen) atoms. The van der Waals surface area contributed by atoms with Crippen molar-refractivity contribution >= 4 is 88.8 Å². The van der Waals surface area contributed by atoms with Crippen molar-refractivity contribution in [3.8, 4) is 28.7 Å². The van der Waals surface area contributed by atoms with E-state index in [1.54, 1.807) is 48.5 Å². The third-order valence-corrected chi connectivity index (χ3v) is 9.58. The second kappa shape index (κ2) is 22.3. The number of ether oxygens (including phenoxy) is 1. The van der Waals surface area contributed by atoms with Crippen LogP contribution in [0.4, 0.5) is 45.5 Å². The van der Waals surface area contributed by atoms with E-state index in [0.717, 1.165) is 16.8 Å². The number of nitrogens with one attached hydrogen (secondary N) is 1. The van der Waals surface area contributed by atoms with Crippen molar-refractivity contribution in [2.24, 2.45) is 20.5 Å². The number of methoxy groups -OCH3 is 1. The van der Waals surface area contributed by atoms with E-state index in [2.05, 4.69) is 25.8 Å². The quantitative estimate of drug-likeness (QED) is 0.0417. The van der Waals surface area contributed by atoms with Crippen molar-refractivity contribution < 1.29 is 124 Å². The minimum absolute atomic E-state index is 0. The zero-order chi connectivity index (χ0) is 43.3. The number of hydrogen-bond acceptors (Lipinski definition) is 17. The summed E-state index contributed by atoms with van der Waals surface area (Å²) in [5, 5.41) is 83.6. The summed E-state index contributed by atoms with van der Waals surface area (Å²) in [6.07, 6.45) is 0. The molecule has 0 saturated carbocycles. The van der Waals surface area contributed by atoms with E-state index >= 15 is 0 Å². The molecule has 24 heteroatoms. The van der Waals surface area contributed by atoms with Crippen molar-refractivity contribution in [3.63, 3.8) is 0 Å². The van der Waals surface area contributed by atoms with Gasteiger partial charge in [-0.2, -0.15) is 0 Å². The van der Waals surface area contributed by atoms with E-state index in [1.807, 2.05) is 24.3 Å². The molecular formula is C39H27ClCrN7Na2O12S+. The van der Waals surface area contributed by atoms with Crippen molar-refractivity contribution in [2.75, 3.05) is 12.4 Å². The molecule has 0 fully saturated rings. The Bertz CT molecular complexity index is 3020. The predicted molar refractivity (Wildman–Crippen MR) is 218 cm³/mol. The summed E-state index contributed by atoms with van der Waals surface area (Å²) < 4.78 is 40.7. The van der Waals surface area contributed by atoms with Crippen LogP contribution in [0, 0.1) is 20.2 Å². The van der Waals surface area contributed by atoms with Crippen molar-refractivity contribution in [1.82, 2.24) is 0 Å². The van der Waals surface area contributed by atoms with Crippen LogP contribution in [0.25, 0.3) is 21.5 Å². The molecule has 0 aliphatic heterocycles. The normalized spacial score (nSPS) is 10.9. The SMILES string of the molecule is COc1ccc(Nc2ccc3c(N=Nc4cc([N+](=O)[O-])cc([N+](=O)[O-])c4O)c(O)c(S(=O)(=O)[O-])cc3c2)cc1.Oc1ccc(Cl)cc1N=Nc1c(O)ccc2ccccc12.[Cr].[Na+].[Na+]. The first-order valence-corrected chi connectivity index (χ1v) is 18.7. The minimum atomic E-state index is -5.22. The molecule has 0 saturated heterocycles. The molecule has 7 rings (SSSR count). The summed E-state index contributed by atoms with van der Waals surface area (Å²) in [6.45, 7) is 0. The third kappa shape index (κ3) is 12.4. The third-order valence-electron chi connectivity index (χ3n) is 8.49. The van der Waals surface area contributed by atoms with E-state index in [-0.39, 0.29) is 104 Å². The van der Waals surface area contributed by atoms with Gasteiger partial charge in [0.15, 0.2) is 5.75 Å². The Labute approximate surface area is 416 Å². The van der Waals surface area contributed by atoms with Crippen LogP contribution >= 0.6 is 11.6 Å². The summed E-state index contributed by atoms with van der Waals surface area (Å²) >= 11 is 5.86. The molecule has 0 radical (unpaired) electrons. The van der Waals surface area contributed by atoms with Gasteiger partial charge in [-0.25, -0.2) is 8.42 Å². The second-order valence-corrected chi connectivity index (χ2v) is 14.1. The number of nitro groups is 2. The summed E-state index contributed by atoms with van der Waals surface area (Å²) in [5.74, 6) is -1.51. The second-order valence-electron chi connectivity index (χ2n) is 12.3. The van der Waals surface area contributed by atoms with E-state index in [4.69, 9.17) is 16.3 Å². The number of phenolic OH excluding ortho intramolecular Hbond substituents is 4. The monoisotopic (exact) mass is 950 g/mol. The van der Waals surface area contributed by atoms with Crippen LogP contribution in [-0.2, 0) is 27.5 Å². The zero-order valence-electron chi connectivity index (χ0n) is 32.9. The average molecular weight is 951 g/mol. The summed E-state index contributed by atoms with van der Waals surface area (Å²) in [4.78, 5) is 19.3. The standard InChI is InChI=1S/C23H17N5O10S.C16H11ClN2O2.Cr.2Na/c1-38-16-5-2-13(3-6-16)24-14-4-7-17-12(8-14)9-20(39(35,36)37)23(30)21(17)26-25-18-10-15(27(31)32)11-19(22(18)29)28(33)34;17-11-6-8-14(20)13(9-11)18-19-16-12-4-2-1-3-10(12)5-7-15(16)21;;;/h2-11,24,29-30H,1H3,(H,35,36,37);1-9,20-21H;;;/q;;;2*+1/p-1. The molecule has 310 valence electrons. The molecule has 0 unspecified atom stereocenters. The molecule has 0 aliphatic carbocycles. The van der Waals surface area contributed by atoms with Crippen LogP contribution in [0.5, 0.6) is 28.7 Å². The fourth-order valence-electron chi connectivity index (χ4n) is 5.61. The maximum Gasteiger partial charge on any atom is 1.00 e. The Morgan fingerprint density at radius 1 is 0.651 bits per heavy atom. The Hall–Kier alpha value is -5.41. The number of nitrogens with zero attached hydrogens (tertiary/aromatic N) is 6. The van der Waals surface area contributed by atoms with Crippen LogP contribution < -0.4 is 69.2 Å². The van der Waals surface area contributed by atoms with Crippen molar-refractivity contribution in [3.05, 3.63) is 141 Å². The van der Waals surface area contributed by atoms with E-state index < -0.39 is 59.1 Å².